The highest BCUT2D eigenvalue weighted by Gasteiger charge is 2.18. The van der Waals surface area contributed by atoms with Crippen LogP contribution in [0.2, 0.25) is 5.02 Å². The molecule has 0 aliphatic carbocycles. The summed E-state index contributed by atoms with van der Waals surface area (Å²) in [5.74, 6) is 0.841. The Balaban J connectivity index is 1.17. The number of halogens is 1. The highest BCUT2D eigenvalue weighted by atomic mass is 35.5. The molecule has 0 aliphatic heterocycles. The van der Waals surface area contributed by atoms with Crippen LogP contribution in [0.15, 0.2) is 68.3 Å². The molecule has 0 fully saturated rings. The molecule has 12 heteroatoms. The number of fused-ring (bicyclic) bond motifs is 2. The Labute approximate surface area is 249 Å². The van der Waals surface area contributed by atoms with Crippen LogP contribution in [0.25, 0.3) is 21.3 Å². The number of furan rings is 1. The molecule has 41 heavy (non-hydrogen) atoms. The van der Waals surface area contributed by atoms with Crippen LogP contribution in [0, 0.1) is 0 Å². The maximum Gasteiger partial charge on any atom is 0.224 e. The molecule has 3 aromatic heterocycles. The maximum absolute atomic E-state index is 13.2. The molecule has 0 aliphatic rings. The van der Waals surface area contributed by atoms with Gasteiger partial charge < -0.3 is 25.1 Å². The fraction of sp³-hybridized carbons (Fsp3) is 0.276. The first-order valence-electron chi connectivity index (χ1n) is 12.9. The molecule has 0 bridgehead atoms. The number of hydrogen-bond acceptors (Lipinski definition) is 9. The van der Waals surface area contributed by atoms with Crippen LogP contribution >= 0.6 is 34.7 Å². The molecule has 4 N–H and O–H groups in total. The summed E-state index contributed by atoms with van der Waals surface area (Å²) in [6.45, 7) is 1.17. The van der Waals surface area contributed by atoms with Gasteiger partial charge in [0.2, 0.25) is 11.6 Å². The summed E-state index contributed by atoms with van der Waals surface area (Å²) >= 11 is 8.98. The van der Waals surface area contributed by atoms with E-state index in [0.717, 1.165) is 20.1 Å². The highest BCUT2D eigenvalue weighted by molar-refractivity contribution is 8.01. The smallest absolute Gasteiger partial charge is 0.224 e. The number of carbonyl (C=O) groups excluding carboxylic acids is 1. The average molecular weight is 612 g/mol. The number of nitrogens with two attached hydrogens (primary N) is 1. The monoisotopic (exact) mass is 611 g/mol. The minimum absolute atomic E-state index is 0.0392. The minimum atomic E-state index is -0.587. The topological polar surface area (TPSA) is 127 Å². The molecule has 2 aromatic carbocycles. The number of rotatable bonds is 11. The first kappa shape index (κ1) is 29.2. The summed E-state index contributed by atoms with van der Waals surface area (Å²) in [6.07, 6.45) is 1.01. The van der Waals surface area contributed by atoms with Gasteiger partial charge in [-0.3, -0.25) is 14.5 Å². The number of nitrogens with one attached hydrogen (secondary N) is 1. The van der Waals surface area contributed by atoms with Crippen molar-refractivity contribution in [2.75, 3.05) is 25.1 Å². The van der Waals surface area contributed by atoms with Gasteiger partial charge in [-0.05, 0) is 49.0 Å². The molecule has 1 amide bonds. The Morgan fingerprint density at radius 3 is 2.83 bits per heavy atom. The number of thioether (sulfide) groups is 1. The largest absolute Gasteiger partial charge is 0.443 e. The molecule has 0 spiro atoms. The third-order valence-electron chi connectivity index (χ3n) is 6.46. The van der Waals surface area contributed by atoms with Crippen LogP contribution in [-0.2, 0) is 31.4 Å². The van der Waals surface area contributed by atoms with E-state index in [1.54, 1.807) is 47.3 Å². The van der Waals surface area contributed by atoms with E-state index < -0.39 is 6.10 Å². The van der Waals surface area contributed by atoms with Crippen LogP contribution in [0.4, 0.5) is 5.69 Å². The van der Waals surface area contributed by atoms with Gasteiger partial charge >= 0.3 is 0 Å². The number of pyridine rings is 1. The van der Waals surface area contributed by atoms with Gasteiger partial charge in [0.05, 0.1) is 34.7 Å². The molecule has 1 unspecified atom stereocenters. The number of aliphatic hydroxyl groups is 1. The Bertz CT molecular complexity index is 1750. The predicted molar refractivity (Wildman–Crippen MR) is 166 cm³/mol. The van der Waals surface area contributed by atoms with Crippen molar-refractivity contribution >= 4 is 67.6 Å². The Morgan fingerprint density at radius 2 is 2.05 bits per heavy atom. The molecular formula is C29H30ClN5O4S2. The van der Waals surface area contributed by atoms with Crippen molar-refractivity contribution in [2.45, 2.75) is 30.0 Å². The number of likely N-dealkylation sites (N-methyl/N-ethyl adjacent to an activating group) is 1. The molecule has 5 aromatic rings. The lowest BCUT2D eigenvalue weighted by molar-refractivity contribution is -0.120. The fourth-order valence-electron chi connectivity index (χ4n) is 4.51. The molecule has 0 radical (unpaired) electrons. The summed E-state index contributed by atoms with van der Waals surface area (Å²) < 4.78 is 9.61. The molecule has 9 nitrogen and oxygen atoms in total. The number of hydrogen-bond donors (Lipinski definition) is 3. The van der Waals surface area contributed by atoms with E-state index in [1.807, 2.05) is 42.3 Å². The van der Waals surface area contributed by atoms with Gasteiger partial charge in [0.15, 0.2) is 9.77 Å². The van der Waals surface area contributed by atoms with Crippen molar-refractivity contribution in [3.63, 3.8) is 0 Å². The van der Waals surface area contributed by atoms with Crippen molar-refractivity contribution < 1.29 is 14.3 Å². The lowest BCUT2D eigenvalue weighted by Gasteiger charge is -2.18. The molecule has 214 valence electrons. The second-order valence-corrected chi connectivity index (χ2v) is 12.7. The Morgan fingerprint density at radius 1 is 1.27 bits per heavy atom. The fourth-order valence-corrected chi connectivity index (χ4v) is 6.70. The van der Waals surface area contributed by atoms with Gasteiger partial charge in [-0.15, -0.1) is 11.3 Å². The molecule has 0 saturated carbocycles. The minimum Gasteiger partial charge on any atom is -0.443 e. The quantitative estimate of drug-likeness (QED) is 0.148. The number of anilines is 1. The number of carbonyl (C=O) groups is 1. The van der Waals surface area contributed by atoms with Crippen molar-refractivity contribution in [2.24, 2.45) is 7.05 Å². The van der Waals surface area contributed by atoms with Gasteiger partial charge in [0.1, 0.15) is 5.76 Å². The number of amides is 1. The molecule has 3 heterocycles. The van der Waals surface area contributed by atoms with E-state index >= 15 is 0 Å². The van der Waals surface area contributed by atoms with Crippen LogP contribution in [0.5, 0.6) is 0 Å². The zero-order chi connectivity index (χ0) is 29.1. The normalized spacial score (nSPS) is 12.4. The summed E-state index contributed by atoms with van der Waals surface area (Å²) in [5.41, 5.74) is 8.97. The van der Waals surface area contributed by atoms with Gasteiger partial charge in [-0.2, -0.15) is 0 Å². The van der Waals surface area contributed by atoms with Gasteiger partial charge in [0, 0.05) is 48.4 Å². The number of aryl methyl sites for hydroxylation is 1. The predicted octanol–water partition coefficient (Wildman–Crippen LogP) is 4.42. The van der Waals surface area contributed by atoms with Gasteiger partial charge in [-0.1, -0.05) is 35.5 Å². The third kappa shape index (κ3) is 7.30. The number of nitrogen functional groups attached to an aromatic ring is 1. The van der Waals surface area contributed by atoms with Gasteiger partial charge in [-0.25, -0.2) is 4.98 Å². The van der Waals surface area contributed by atoms with E-state index in [1.165, 1.54) is 11.8 Å². The zero-order valence-corrected chi connectivity index (χ0v) is 25.0. The van der Waals surface area contributed by atoms with E-state index in [2.05, 4.69) is 10.3 Å². The second-order valence-electron chi connectivity index (χ2n) is 9.97. The zero-order valence-electron chi connectivity index (χ0n) is 22.6. The number of aromatic nitrogens is 2. The molecule has 0 saturated heterocycles. The van der Waals surface area contributed by atoms with E-state index in [-0.39, 0.29) is 17.8 Å². The van der Waals surface area contributed by atoms with Crippen LogP contribution in [-0.4, -0.2) is 50.9 Å². The SMILES string of the molecule is CN(Cc1cc2c(=O)c(CC(=O)NCc3ccc(Cl)cc3)cn(C)c2o1)CC(O)CSc1nc2ccc(N)cc2s1. The maximum atomic E-state index is 13.2. The third-order valence-corrected chi connectivity index (χ3v) is 9.02. The van der Waals surface area contributed by atoms with Crippen molar-refractivity contribution in [1.82, 2.24) is 19.8 Å². The van der Waals surface area contributed by atoms with Gasteiger partial charge in [0.25, 0.3) is 0 Å². The van der Waals surface area contributed by atoms with Crippen molar-refractivity contribution in [3.05, 3.63) is 86.9 Å². The summed E-state index contributed by atoms with van der Waals surface area (Å²) in [5, 5.41) is 14.5. The first-order valence-corrected chi connectivity index (χ1v) is 15.1. The first-order chi connectivity index (χ1) is 19.6. The van der Waals surface area contributed by atoms with E-state index in [4.69, 9.17) is 21.8 Å². The summed E-state index contributed by atoms with van der Waals surface area (Å²) in [4.78, 5) is 32.3. The summed E-state index contributed by atoms with van der Waals surface area (Å²) in [6, 6.07) is 14.6. The highest BCUT2D eigenvalue weighted by Crippen LogP contribution is 2.31. The van der Waals surface area contributed by atoms with Crippen molar-refractivity contribution in [3.8, 4) is 0 Å². The number of nitrogens with zero attached hydrogens (tertiary/aromatic N) is 3. The lowest BCUT2D eigenvalue weighted by atomic mass is 10.1. The van der Waals surface area contributed by atoms with Crippen LogP contribution in [0.3, 0.4) is 0 Å². The standard InChI is InChI=1S/C29H30ClN5O4S2/c1-34(14-21(36)16-40-29-33-24-8-7-20(31)10-25(24)41-29)15-22-11-23-27(38)18(13-35(2)28(23)39-22)9-26(37)32-12-17-3-5-19(30)6-4-17/h3-8,10-11,13,21,36H,9,12,14-16,31H2,1-2H3,(H,32,37). The van der Waals surface area contributed by atoms with E-state index in [9.17, 15) is 14.7 Å². The van der Waals surface area contributed by atoms with Crippen molar-refractivity contribution in [1.29, 1.82) is 0 Å². The molecule has 1 atom stereocenters. The number of thiazole rings is 1. The number of benzene rings is 2. The second kappa shape index (κ2) is 12.7. The Hall–Kier alpha value is -3.35. The lowest BCUT2D eigenvalue weighted by Crippen LogP contribution is -2.30. The summed E-state index contributed by atoms with van der Waals surface area (Å²) in [7, 11) is 3.67. The Kier molecular flexibility index (Phi) is 9.00. The molecular weight excluding hydrogens is 582 g/mol. The van der Waals surface area contributed by atoms with E-state index in [0.29, 0.717) is 58.5 Å². The average Bonchev–Trinajstić information content (AvgIpc) is 3.54. The van der Waals surface area contributed by atoms with Crippen LogP contribution < -0.4 is 16.5 Å². The molecule has 5 rings (SSSR count). The van der Waals surface area contributed by atoms with Crippen LogP contribution in [0.1, 0.15) is 16.9 Å². The number of aliphatic hydroxyl groups excluding tert-OH is 1.